The molecular weight excluding hydrogens is 314 g/mol. The van der Waals surface area contributed by atoms with E-state index < -0.39 is 12.2 Å². The van der Waals surface area contributed by atoms with Crippen molar-refractivity contribution in [2.45, 2.75) is 71.5 Å². The zero-order chi connectivity index (χ0) is 18.0. The molecule has 2 saturated carbocycles. The number of nitrogens with zero attached hydrogens (tertiary/aromatic N) is 1. The molecule has 0 spiro atoms. The summed E-state index contributed by atoms with van der Waals surface area (Å²) in [6.07, 6.45) is 9.23. The largest absolute Gasteiger partial charge is 0.411 e. The Balaban J connectivity index is 1.69. The molecule has 0 heterocycles. The van der Waals surface area contributed by atoms with Gasteiger partial charge in [0.05, 0.1) is 17.9 Å². The third-order valence-electron chi connectivity index (χ3n) is 8.30. The van der Waals surface area contributed by atoms with Crippen LogP contribution in [0.5, 0.6) is 0 Å². The summed E-state index contributed by atoms with van der Waals surface area (Å²) in [4.78, 5) is 0. The number of aliphatic hydroxyl groups is 2. The van der Waals surface area contributed by atoms with E-state index in [1.807, 2.05) is 6.92 Å². The highest BCUT2D eigenvalue weighted by atomic mass is 16.4. The van der Waals surface area contributed by atoms with Gasteiger partial charge in [0.2, 0.25) is 0 Å². The first-order valence-electron chi connectivity index (χ1n) is 9.77. The molecule has 7 unspecified atom stereocenters. The van der Waals surface area contributed by atoms with Crippen molar-refractivity contribution in [3.63, 3.8) is 0 Å². The summed E-state index contributed by atoms with van der Waals surface area (Å²) < 4.78 is 0. The van der Waals surface area contributed by atoms with E-state index in [-0.39, 0.29) is 10.8 Å². The molecule has 3 N–H and O–H groups in total. The molecule has 0 aromatic rings. The van der Waals surface area contributed by atoms with Crippen molar-refractivity contribution in [2.75, 3.05) is 0 Å². The number of rotatable bonds is 1. The molecule has 0 radical (unpaired) electrons. The minimum atomic E-state index is -0.450. The fraction of sp³-hybridized carbons (Fsp3) is 0.762. The van der Waals surface area contributed by atoms with E-state index in [4.69, 9.17) is 0 Å². The van der Waals surface area contributed by atoms with Gasteiger partial charge in [-0.25, -0.2) is 0 Å². The van der Waals surface area contributed by atoms with Gasteiger partial charge in [0.25, 0.3) is 0 Å². The Bertz CT molecular complexity index is 666. The molecule has 2 fully saturated rings. The standard InChI is InChI=1S/C21H31NO3/c1-12(22-25)16-6-7-17-15-5-4-13-10-14(23)11-19(24)21(13,3)18(15)8-9-20(16,17)2/h4,6,14-15,17-19,23-25H,5,7-11H2,1-3H3. The van der Waals surface area contributed by atoms with Gasteiger partial charge in [0, 0.05) is 11.8 Å². The predicted octanol–water partition coefficient (Wildman–Crippen LogP) is 3.67. The van der Waals surface area contributed by atoms with Crippen molar-refractivity contribution in [1.82, 2.24) is 0 Å². The third kappa shape index (κ3) is 2.23. The lowest BCUT2D eigenvalue weighted by Gasteiger charge is -2.59. The molecule has 4 nitrogen and oxygen atoms in total. The van der Waals surface area contributed by atoms with Crippen LogP contribution in [0.2, 0.25) is 0 Å². The summed E-state index contributed by atoms with van der Waals surface area (Å²) in [6, 6.07) is 0. The van der Waals surface area contributed by atoms with Gasteiger partial charge >= 0.3 is 0 Å². The van der Waals surface area contributed by atoms with Crippen molar-refractivity contribution in [1.29, 1.82) is 0 Å². The Kier molecular flexibility index (Phi) is 3.93. The number of oxime groups is 1. The Labute approximate surface area is 150 Å². The molecule has 0 amide bonds. The van der Waals surface area contributed by atoms with Crippen molar-refractivity contribution in [3.8, 4) is 0 Å². The van der Waals surface area contributed by atoms with Crippen molar-refractivity contribution >= 4 is 5.71 Å². The molecule has 0 aromatic heterocycles. The average Bonchev–Trinajstić information content (AvgIpc) is 2.93. The van der Waals surface area contributed by atoms with Crippen LogP contribution in [0.25, 0.3) is 0 Å². The SMILES string of the molecule is CC(=NO)C1=CCC2C3CC=C4CC(O)CC(O)C4(C)C3CCC12C. The van der Waals surface area contributed by atoms with Crippen molar-refractivity contribution < 1.29 is 15.4 Å². The summed E-state index contributed by atoms with van der Waals surface area (Å²) >= 11 is 0. The van der Waals surface area contributed by atoms with Gasteiger partial charge in [0.15, 0.2) is 0 Å². The number of aliphatic hydroxyl groups excluding tert-OH is 2. The molecule has 7 atom stereocenters. The van der Waals surface area contributed by atoms with Crippen LogP contribution in [0.3, 0.4) is 0 Å². The van der Waals surface area contributed by atoms with Gasteiger partial charge in [-0.3, -0.25) is 0 Å². The molecule has 138 valence electrons. The Morgan fingerprint density at radius 3 is 2.64 bits per heavy atom. The van der Waals surface area contributed by atoms with Gasteiger partial charge in [-0.1, -0.05) is 36.7 Å². The van der Waals surface area contributed by atoms with Crippen LogP contribution >= 0.6 is 0 Å². The second-order valence-corrected chi connectivity index (χ2v) is 9.23. The first-order valence-corrected chi connectivity index (χ1v) is 9.77. The predicted molar refractivity (Wildman–Crippen MR) is 97.5 cm³/mol. The van der Waals surface area contributed by atoms with Crippen LogP contribution < -0.4 is 0 Å². The van der Waals surface area contributed by atoms with E-state index in [1.54, 1.807) is 0 Å². The highest BCUT2D eigenvalue weighted by Crippen LogP contribution is 2.65. The fourth-order valence-electron chi connectivity index (χ4n) is 6.88. The topological polar surface area (TPSA) is 73.1 Å². The van der Waals surface area contributed by atoms with Crippen molar-refractivity contribution in [2.24, 2.45) is 33.7 Å². The second-order valence-electron chi connectivity index (χ2n) is 9.23. The minimum Gasteiger partial charge on any atom is -0.411 e. The maximum Gasteiger partial charge on any atom is 0.0799 e. The molecule has 4 rings (SSSR count). The monoisotopic (exact) mass is 345 g/mol. The van der Waals surface area contributed by atoms with Gasteiger partial charge in [-0.05, 0) is 67.8 Å². The van der Waals surface area contributed by atoms with E-state index in [9.17, 15) is 15.4 Å². The Morgan fingerprint density at radius 1 is 1.16 bits per heavy atom. The van der Waals surface area contributed by atoms with Crippen LogP contribution in [0.15, 0.2) is 28.5 Å². The van der Waals surface area contributed by atoms with Crippen molar-refractivity contribution in [3.05, 3.63) is 23.3 Å². The smallest absolute Gasteiger partial charge is 0.0799 e. The number of hydrogen-bond donors (Lipinski definition) is 3. The van der Waals surface area contributed by atoms with Crippen LogP contribution in [0.4, 0.5) is 0 Å². The molecule has 0 bridgehead atoms. The molecule has 0 aromatic carbocycles. The molecule has 4 heteroatoms. The number of fused-ring (bicyclic) bond motifs is 5. The van der Waals surface area contributed by atoms with E-state index >= 15 is 0 Å². The summed E-state index contributed by atoms with van der Waals surface area (Å²) in [6.45, 7) is 6.47. The van der Waals surface area contributed by atoms with Gasteiger partial charge in [0.1, 0.15) is 0 Å². The molecule has 4 aliphatic rings. The maximum absolute atomic E-state index is 10.9. The lowest BCUT2D eigenvalue weighted by molar-refractivity contribution is -0.0959. The minimum absolute atomic E-state index is 0.0817. The van der Waals surface area contributed by atoms with E-state index in [2.05, 4.69) is 31.2 Å². The summed E-state index contributed by atoms with van der Waals surface area (Å²) in [5.41, 5.74) is 3.15. The highest BCUT2D eigenvalue weighted by molar-refractivity contribution is 5.99. The highest BCUT2D eigenvalue weighted by Gasteiger charge is 2.59. The van der Waals surface area contributed by atoms with E-state index in [0.717, 1.165) is 37.8 Å². The molecule has 0 aliphatic heterocycles. The quantitative estimate of drug-likeness (QED) is 0.294. The first kappa shape index (κ1) is 17.3. The number of allylic oxidation sites excluding steroid dienone is 3. The Morgan fingerprint density at radius 2 is 1.92 bits per heavy atom. The molecule has 4 aliphatic carbocycles. The second kappa shape index (κ2) is 5.68. The van der Waals surface area contributed by atoms with Crippen LogP contribution in [-0.2, 0) is 0 Å². The van der Waals surface area contributed by atoms with Gasteiger partial charge in [-0.15, -0.1) is 0 Å². The average molecular weight is 345 g/mol. The first-order chi connectivity index (χ1) is 11.8. The molecule has 25 heavy (non-hydrogen) atoms. The van der Waals surface area contributed by atoms with Gasteiger partial charge < -0.3 is 15.4 Å². The lowest BCUT2D eigenvalue weighted by atomic mass is 9.46. The van der Waals surface area contributed by atoms with Crippen LogP contribution in [0, 0.1) is 28.6 Å². The maximum atomic E-state index is 10.9. The van der Waals surface area contributed by atoms with E-state index in [1.165, 1.54) is 11.1 Å². The fourth-order valence-corrected chi connectivity index (χ4v) is 6.88. The van der Waals surface area contributed by atoms with Gasteiger partial charge in [-0.2, -0.15) is 0 Å². The zero-order valence-corrected chi connectivity index (χ0v) is 15.6. The Hall–Kier alpha value is -1.13. The zero-order valence-electron chi connectivity index (χ0n) is 15.6. The number of hydrogen-bond acceptors (Lipinski definition) is 4. The van der Waals surface area contributed by atoms with E-state index in [0.29, 0.717) is 24.2 Å². The molecular formula is C21H31NO3. The van der Waals surface area contributed by atoms with Crippen LogP contribution in [0.1, 0.15) is 59.3 Å². The third-order valence-corrected chi connectivity index (χ3v) is 8.30. The summed E-state index contributed by atoms with van der Waals surface area (Å²) in [5.74, 6) is 1.58. The van der Waals surface area contributed by atoms with Crippen LogP contribution in [-0.4, -0.2) is 33.3 Å². The summed E-state index contributed by atoms with van der Waals surface area (Å²) in [7, 11) is 0. The normalized spacial score (nSPS) is 49.6. The lowest BCUT2D eigenvalue weighted by Crippen LogP contribution is -2.55. The summed E-state index contributed by atoms with van der Waals surface area (Å²) in [5, 5.41) is 33.7. The molecule has 0 saturated heterocycles.